The summed E-state index contributed by atoms with van der Waals surface area (Å²) >= 11 is 0. The van der Waals surface area contributed by atoms with Gasteiger partial charge < -0.3 is 54.7 Å². The summed E-state index contributed by atoms with van der Waals surface area (Å²) in [6, 6.07) is 0. The Hall–Kier alpha value is -1.73. The molecule has 0 amide bonds. The molecule has 0 aromatic heterocycles. The van der Waals surface area contributed by atoms with Gasteiger partial charge in [-0.3, -0.25) is 0 Å². The third-order valence-electron chi connectivity index (χ3n) is 5.36. The third-order valence-corrected chi connectivity index (χ3v) is 5.36. The molecule has 3 rings (SSSR count). The van der Waals surface area contributed by atoms with Gasteiger partial charge in [-0.1, -0.05) is 0 Å². The van der Waals surface area contributed by atoms with E-state index in [1.807, 2.05) is 0 Å². The predicted octanol–water partition coefficient (Wildman–Crippen LogP) is -2.61. The number of halogens is 5. The lowest BCUT2D eigenvalue weighted by molar-refractivity contribution is -0.352. The fraction of sp³-hybridized carbons (Fsp3) is 0.667. The Morgan fingerprint density at radius 3 is 1.59 bits per heavy atom. The van der Waals surface area contributed by atoms with E-state index in [0.29, 0.717) is 0 Å². The van der Waals surface area contributed by atoms with Crippen LogP contribution in [0.2, 0.25) is 0 Å². The third kappa shape index (κ3) is 4.70. The summed E-state index contributed by atoms with van der Waals surface area (Å²) in [6.07, 6.45) is -19.0. The van der Waals surface area contributed by atoms with Gasteiger partial charge in [-0.15, -0.1) is 0 Å². The summed E-state index contributed by atoms with van der Waals surface area (Å²) in [5.74, 6) is -13.8. The number of rotatable bonds is 6. The maximum absolute atomic E-state index is 13.9. The van der Waals surface area contributed by atoms with Crippen molar-refractivity contribution in [3.05, 3.63) is 29.1 Å². The second-order valence-corrected chi connectivity index (χ2v) is 7.52. The van der Waals surface area contributed by atoms with E-state index >= 15 is 0 Å². The average Bonchev–Trinajstić information content (AvgIpc) is 2.83. The van der Waals surface area contributed by atoms with Gasteiger partial charge in [0.2, 0.25) is 41.1 Å². The van der Waals surface area contributed by atoms with Gasteiger partial charge >= 0.3 is 0 Å². The van der Waals surface area contributed by atoms with Crippen LogP contribution in [0.15, 0.2) is 0 Å². The zero-order valence-electron chi connectivity index (χ0n) is 16.8. The molecule has 11 nitrogen and oxygen atoms in total. The van der Waals surface area contributed by atoms with Gasteiger partial charge in [0.05, 0.1) is 13.2 Å². The Labute approximate surface area is 187 Å². The van der Waals surface area contributed by atoms with Gasteiger partial charge in [0.25, 0.3) is 0 Å². The molecule has 0 bridgehead atoms. The molecule has 1 aromatic carbocycles. The number of aliphatic hydroxyl groups excluding tert-OH is 7. The van der Waals surface area contributed by atoms with Crippen molar-refractivity contribution in [2.45, 2.75) is 61.4 Å². The fourth-order valence-corrected chi connectivity index (χ4v) is 3.46. The quantitative estimate of drug-likeness (QED) is 0.122. The Balaban J connectivity index is 1.80. The molecule has 2 fully saturated rings. The van der Waals surface area contributed by atoms with E-state index in [1.165, 1.54) is 0 Å². The molecule has 16 heteroatoms. The normalized spacial score (nSPS) is 38.7. The van der Waals surface area contributed by atoms with Crippen LogP contribution >= 0.6 is 0 Å². The van der Waals surface area contributed by atoms with E-state index in [2.05, 4.69) is 4.74 Å². The zero-order chi connectivity index (χ0) is 25.5. The fourth-order valence-electron chi connectivity index (χ4n) is 3.46. The smallest absolute Gasteiger partial charge is 0.229 e. The highest BCUT2D eigenvalue weighted by molar-refractivity contribution is 5.30. The van der Waals surface area contributed by atoms with E-state index in [-0.39, 0.29) is 0 Å². The van der Waals surface area contributed by atoms with Crippen LogP contribution in [0.5, 0.6) is 5.75 Å². The lowest BCUT2D eigenvalue weighted by Crippen LogP contribution is -2.65. The molecule has 2 aliphatic rings. The molecule has 7 N–H and O–H groups in total. The molecule has 2 saturated heterocycles. The first kappa shape index (κ1) is 26.9. The molecule has 194 valence electrons. The van der Waals surface area contributed by atoms with Gasteiger partial charge in [-0.2, -0.15) is 8.78 Å². The lowest BCUT2D eigenvalue weighted by atomic mass is 9.97. The molecule has 34 heavy (non-hydrogen) atoms. The summed E-state index contributed by atoms with van der Waals surface area (Å²) in [4.78, 5) is 0. The standard InChI is InChI=1S/C18H21F5O11/c19-5-6(20)8(22)16(9(23)7(5)21)34-18-14(30)12(28)15(4(2-25)32-18)33-17-13(29)11(27)10(26)3(1-24)31-17/h3-4,10-15,17-18,24-30H,1-2H2/t3-,4-,10+,11+,12-,13-,14-,15+,17-,18+/m1/s1. The van der Waals surface area contributed by atoms with Crippen LogP contribution in [0.25, 0.3) is 0 Å². The van der Waals surface area contributed by atoms with Crippen LogP contribution in [0.1, 0.15) is 0 Å². The van der Waals surface area contributed by atoms with Crippen molar-refractivity contribution in [3.8, 4) is 5.75 Å². The van der Waals surface area contributed by atoms with Crippen LogP contribution < -0.4 is 4.74 Å². The summed E-state index contributed by atoms with van der Waals surface area (Å²) < 4.78 is 87.8. The topological polar surface area (TPSA) is 179 Å². The largest absolute Gasteiger partial charge is 0.456 e. The molecular weight excluding hydrogens is 487 g/mol. The van der Waals surface area contributed by atoms with Gasteiger partial charge in [-0.25, -0.2) is 13.2 Å². The first-order valence-corrected chi connectivity index (χ1v) is 9.71. The molecule has 0 aliphatic carbocycles. The molecule has 1 aromatic rings. The van der Waals surface area contributed by atoms with Crippen molar-refractivity contribution >= 4 is 0 Å². The summed E-state index contributed by atoms with van der Waals surface area (Å²) in [5, 5.41) is 69.1. The number of aliphatic hydroxyl groups is 7. The molecule has 10 atom stereocenters. The van der Waals surface area contributed by atoms with Crippen LogP contribution in [-0.2, 0) is 14.2 Å². The lowest BCUT2D eigenvalue weighted by Gasteiger charge is -2.45. The van der Waals surface area contributed by atoms with Crippen LogP contribution in [0.4, 0.5) is 22.0 Å². The minimum Gasteiger partial charge on any atom is -0.456 e. The Bertz CT molecular complexity index is 846. The number of hydrogen-bond acceptors (Lipinski definition) is 11. The van der Waals surface area contributed by atoms with Crippen LogP contribution in [-0.4, -0.2) is 110 Å². The SMILES string of the molecule is OC[C@H]1O[C@H](O[C@@H]2[C@H](O)[C@@H](O)[C@H](Oc3c(F)c(F)c(F)c(F)c3F)O[C@@H]2CO)[C@H](O)[C@@H](O)[C@H]1O. The second kappa shape index (κ2) is 10.5. The predicted molar refractivity (Wildman–Crippen MR) is 93.3 cm³/mol. The molecular formula is C18H21F5O11. The molecule has 0 saturated carbocycles. The summed E-state index contributed by atoms with van der Waals surface area (Å²) in [5.41, 5.74) is 0. The van der Waals surface area contributed by atoms with E-state index in [4.69, 9.17) is 14.2 Å². The number of benzene rings is 1. The van der Waals surface area contributed by atoms with Gasteiger partial charge in [0.1, 0.15) is 48.8 Å². The van der Waals surface area contributed by atoms with Crippen molar-refractivity contribution in [2.24, 2.45) is 0 Å². The maximum atomic E-state index is 13.9. The van der Waals surface area contributed by atoms with Gasteiger partial charge in [0.15, 0.2) is 6.29 Å². The second-order valence-electron chi connectivity index (χ2n) is 7.52. The minimum atomic E-state index is -2.46. The van der Waals surface area contributed by atoms with Crippen molar-refractivity contribution in [1.29, 1.82) is 0 Å². The van der Waals surface area contributed by atoms with Crippen LogP contribution in [0, 0.1) is 29.1 Å². The molecule has 0 radical (unpaired) electrons. The molecule has 0 spiro atoms. The van der Waals surface area contributed by atoms with Crippen molar-refractivity contribution in [3.63, 3.8) is 0 Å². The van der Waals surface area contributed by atoms with Crippen molar-refractivity contribution in [2.75, 3.05) is 13.2 Å². The molecule has 0 unspecified atom stereocenters. The zero-order valence-corrected chi connectivity index (χ0v) is 16.8. The Morgan fingerprint density at radius 2 is 1.06 bits per heavy atom. The Kier molecular flexibility index (Phi) is 8.29. The number of ether oxygens (including phenoxy) is 4. The van der Waals surface area contributed by atoms with E-state index < -0.39 is 109 Å². The number of hydrogen-bond donors (Lipinski definition) is 7. The van der Waals surface area contributed by atoms with Crippen LogP contribution in [0.3, 0.4) is 0 Å². The summed E-state index contributed by atoms with van der Waals surface area (Å²) in [7, 11) is 0. The highest BCUT2D eigenvalue weighted by Crippen LogP contribution is 2.34. The van der Waals surface area contributed by atoms with Crippen molar-refractivity contribution in [1.82, 2.24) is 0 Å². The monoisotopic (exact) mass is 508 g/mol. The summed E-state index contributed by atoms with van der Waals surface area (Å²) in [6.45, 7) is -1.85. The maximum Gasteiger partial charge on any atom is 0.229 e. The first-order valence-electron chi connectivity index (χ1n) is 9.71. The minimum absolute atomic E-state index is 0.821. The molecule has 2 heterocycles. The van der Waals surface area contributed by atoms with E-state index in [1.54, 1.807) is 0 Å². The van der Waals surface area contributed by atoms with Gasteiger partial charge in [-0.05, 0) is 0 Å². The van der Waals surface area contributed by atoms with E-state index in [9.17, 15) is 57.7 Å². The van der Waals surface area contributed by atoms with E-state index in [0.717, 1.165) is 0 Å². The van der Waals surface area contributed by atoms with Crippen molar-refractivity contribution < 1.29 is 76.6 Å². The molecule has 2 aliphatic heterocycles. The Morgan fingerprint density at radius 1 is 0.588 bits per heavy atom. The highest BCUT2D eigenvalue weighted by atomic mass is 19.2. The highest BCUT2D eigenvalue weighted by Gasteiger charge is 2.51. The first-order chi connectivity index (χ1) is 15.9. The average molecular weight is 508 g/mol. The van der Waals surface area contributed by atoms with Gasteiger partial charge in [0, 0.05) is 0 Å².